The van der Waals surface area contributed by atoms with Crippen LogP contribution >= 0.6 is 0 Å². The van der Waals surface area contributed by atoms with Crippen molar-refractivity contribution in [2.24, 2.45) is 17.8 Å². The Labute approximate surface area is 119 Å². The monoisotopic (exact) mass is 275 g/mol. The van der Waals surface area contributed by atoms with Gasteiger partial charge in [-0.3, -0.25) is 4.79 Å². The summed E-state index contributed by atoms with van der Waals surface area (Å²) >= 11 is 0. The first kappa shape index (κ1) is 13.3. The van der Waals surface area contributed by atoms with Crippen molar-refractivity contribution in [2.75, 3.05) is 7.05 Å². The van der Waals surface area contributed by atoms with Crippen LogP contribution in [0, 0.1) is 17.8 Å². The molecule has 5 nitrogen and oxygen atoms in total. The maximum Gasteiger partial charge on any atom is 0.226 e. The highest BCUT2D eigenvalue weighted by atomic mass is 16.5. The number of aromatic nitrogens is 2. The molecular formula is C15H21N3O2. The van der Waals surface area contributed by atoms with E-state index >= 15 is 0 Å². The quantitative estimate of drug-likeness (QED) is 0.773. The molecule has 0 radical (unpaired) electrons. The molecule has 1 aromatic heterocycles. The Morgan fingerprint density at radius 2 is 2.30 bits per heavy atom. The number of allylic oxidation sites excluding steroid dienone is 2. The molecule has 1 amide bonds. The molecule has 0 aromatic carbocycles. The van der Waals surface area contributed by atoms with Crippen molar-refractivity contribution >= 4 is 5.91 Å². The third kappa shape index (κ3) is 2.62. The van der Waals surface area contributed by atoms with E-state index in [9.17, 15) is 4.79 Å². The van der Waals surface area contributed by atoms with Crippen LogP contribution in [-0.4, -0.2) is 28.0 Å². The molecule has 0 saturated heterocycles. The van der Waals surface area contributed by atoms with Gasteiger partial charge in [0.2, 0.25) is 11.8 Å². The zero-order chi connectivity index (χ0) is 14.1. The number of nitrogens with zero attached hydrogens (tertiary/aromatic N) is 3. The zero-order valence-corrected chi connectivity index (χ0v) is 12.1. The van der Waals surface area contributed by atoms with Crippen molar-refractivity contribution in [1.29, 1.82) is 0 Å². The van der Waals surface area contributed by atoms with Gasteiger partial charge in [0, 0.05) is 19.9 Å². The minimum Gasteiger partial charge on any atom is -0.339 e. The van der Waals surface area contributed by atoms with Crippen LogP contribution in [0.3, 0.4) is 0 Å². The minimum atomic E-state index is 0.179. The fourth-order valence-corrected chi connectivity index (χ4v) is 3.31. The molecule has 0 spiro atoms. The molecule has 5 heteroatoms. The van der Waals surface area contributed by atoms with E-state index in [1.807, 2.05) is 14.0 Å². The highest BCUT2D eigenvalue weighted by molar-refractivity contribution is 5.76. The number of hydrogen-bond acceptors (Lipinski definition) is 4. The first-order valence-electron chi connectivity index (χ1n) is 7.39. The standard InChI is InChI=1S/C15H21N3O2/c1-3-14-16-13(17-20-14)9-18(2)15(19)8-12-7-10-4-5-11(12)6-10/h4-5,10-12H,3,6-9H2,1-2H3/t10-,11+,12+/m1/s1. The van der Waals surface area contributed by atoms with E-state index in [0.717, 1.165) is 6.42 Å². The summed E-state index contributed by atoms with van der Waals surface area (Å²) < 4.78 is 5.06. The predicted octanol–water partition coefficient (Wildman–Crippen LogP) is 2.19. The summed E-state index contributed by atoms with van der Waals surface area (Å²) in [5, 5.41) is 3.89. The Kier molecular flexibility index (Phi) is 3.59. The number of amides is 1. The minimum absolute atomic E-state index is 0.179. The number of carbonyl (C=O) groups excluding carboxylic acids is 1. The summed E-state index contributed by atoms with van der Waals surface area (Å²) in [5.41, 5.74) is 0. The topological polar surface area (TPSA) is 59.2 Å². The largest absolute Gasteiger partial charge is 0.339 e. The number of rotatable bonds is 5. The predicted molar refractivity (Wildman–Crippen MR) is 73.6 cm³/mol. The van der Waals surface area contributed by atoms with Crippen molar-refractivity contribution in [1.82, 2.24) is 15.0 Å². The molecule has 1 aromatic rings. The van der Waals surface area contributed by atoms with Gasteiger partial charge in [0.15, 0.2) is 5.82 Å². The van der Waals surface area contributed by atoms with Gasteiger partial charge in [0.05, 0.1) is 6.54 Å². The molecular weight excluding hydrogens is 254 g/mol. The molecule has 2 aliphatic carbocycles. The lowest BCUT2D eigenvalue weighted by molar-refractivity contribution is -0.131. The van der Waals surface area contributed by atoms with E-state index in [1.54, 1.807) is 4.90 Å². The van der Waals surface area contributed by atoms with Gasteiger partial charge in [0.25, 0.3) is 0 Å². The molecule has 2 bridgehead atoms. The zero-order valence-electron chi connectivity index (χ0n) is 12.1. The first-order chi connectivity index (χ1) is 9.65. The Balaban J connectivity index is 1.53. The SMILES string of the molecule is CCc1nc(CN(C)C(=O)C[C@@H]2C[C@@H]3C=C[C@H]2C3)no1. The Morgan fingerprint density at radius 3 is 2.90 bits per heavy atom. The maximum absolute atomic E-state index is 12.3. The first-order valence-corrected chi connectivity index (χ1v) is 7.39. The van der Waals surface area contributed by atoms with Crippen molar-refractivity contribution in [3.63, 3.8) is 0 Å². The smallest absolute Gasteiger partial charge is 0.226 e. The fourth-order valence-electron chi connectivity index (χ4n) is 3.31. The van der Waals surface area contributed by atoms with E-state index in [-0.39, 0.29) is 5.91 Å². The average molecular weight is 275 g/mol. The summed E-state index contributed by atoms with van der Waals surface area (Å²) in [6, 6.07) is 0. The van der Waals surface area contributed by atoms with Gasteiger partial charge in [-0.05, 0) is 30.6 Å². The van der Waals surface area contributed by atoms with Crippen LogP contribution in [0.5, 0.6) is 0 Å². The number of aryl methyl sites for hydroxylation is 1. The third-order valence-electron chi connectivity index (χ3n) is 4.47. The summed E-state index contributed by atoms with van der Waals surface area (Å²) in [4.78, 5) is 18.2. The van der Waals surface area contributed by atoms with Gasteiger partial charge in [-0.25, -0.2) is 0 Å². The van der Waals surface area contributed by atoms with E-state index in [4.69, 9.17) is 4.52 Å². The number of carbonyl (C=O) groups is 1. The van der Waals surface area contributed by atoms with Crippen molar-refractivity contribution in [3.8, 4) is 0 Å². The molecule has 108 valence electrons. The highest BCUT2D eigenvalue weighted by Crippen LogP contribution is 2.45. The van der Waals surface area contributed by atoms with Gasteiger partial charge < -0.3 is 9.42 Å². The average Bonchev–Trinajstić information content (AvgIpc) is 3.14. The van der Waals surface area contributed by atoms with Crippen LogP contribution in [0.1, 0.15) is 37.9 Å². The van der Waals surface area contributed by atoms with Crippen molar-refractivity contribution < 1.29 is 9.32 Å². The van der Waals surface area contributed by atoms with Crippen LogP contribution in [-0.2, 0) is 17.8 Å². The van der Waals surface area contributed by atoms with Crippen LogP contribution in [0.25, 0.3) is 0 Å². The van der Waals surface area contributed by atoms with Crippen LogP contribution < -0.4 is 0 Å². The number of fused-ring (bicyclic) bond motifs is 2. The van der Waals surface area contributed by atoms with Gasteiger partial charge in [-0.15, -0.1) is 0 Å². The molecule has 3 atom stereocenters. The Hall–Kier alpha value is -1.65. The molecule has 1 heterocycles. The Bertz CT molecular complexity index is 523. The second-order valence-electron chi connectivity index (χ2n) is 5.95. The van der Waals surface area contributed by atoms with E-state index < -0.39 is 0 Å². The Morgan fingerprint density at radius 1 is 1.45 bits per heavy atom. The van der Waals surface area contributed by atoms with Crippen molar-refractivity contribution in [3.05, 3.63) is 23.9 Å². The third-order valence-corrected chi connectivity index (χ3v) is 4.47. The lowest BCUT2D eigenvalue weighted by Crippen LogP contribution is -2.29. The second kappa shape index (κ2) is 5.38. The van der Waals surface area contributed by atoms with Crippen LogP contribution in [0.15, 0.2) is 16.7 Å². The molecule has 1 fully saturated rings. The molecule has 0 N–H and O–H groups in total. The van der Waals surface area contributed by atoms with E-state index in [2.05, 4.69) is 22.3 Å². The van der Waals surface area contributed by atoms with E-state index in [0.29, 0.717) is 42.4 Å². The molecule has 3 rings (SSSR count). The van der Waals surface area contributed by atoms with Crippen molar-refractivity contribution in [2.45, 2.75) is 39.2 Å². The molecule has 2 aliphatic rings. The van der Waals surface area contributed by atoms with Crippen LogP contribution in [0.2, 0.25) is 0 Å². The lowest BCUT2D eigenvalue weighted by Gasteiger charge is -2.21. The molecule has 0 aliphatic heterocycles. The van der Waals surface area contributed by atoms with Gasteiger partial charge in [-0.1, -0.05) is 24.2 Å². The van der Waals surface area contributed by atoms with Gasteiger partial charge in [-0.2, -0.15) is 4.98 Å². The molecule has 0 unspecified atom stereocenters. The fraction of sp³-hybridized carbons (Fsp3) is 0.667. The second-order valence-corrected chi connectivity index (χ2v) is 5.95. The number of hydrogen-bond donors (Lipinski definition) is 0. The summed E-state index contributed by atoms with van der Waals surface area (Å²) in [6.07, 6.45) is 8.37. The summed E-state index contributed by atoms with van der Waals surface area (Å²) in [5.74, 6) is 3.25. The normalized spacial score (nSPS) is 27.2. The van der Waals surface area contributed by atoms with Gasteiger partial charge >= 0.3 is 0 Å². The lowest BCUT2D eigenvalue weighted by atomic mass is 9.90. The highest BCUT2D eigenvalue weighted by Gasteiger charge is 2.36. The molecule has 20 heavy (non-hydrogen) atoms. The van der Waals surface area contributed by atoms with E-state index in [1.165, 1.54) is 12.8 Å². The molecule has 1 saturated carbocycles. The van der Waals surface area contributed by atoms with Gasteiger partial charge in [0.1, 0.15) is 0 Å². The maximum atomic E-state index is 12.3. The summed E-state index contributed by atoms with van der Waals surface area (Å²) in [7, 11) is 1.81. The van der Waals surface area contributed by atoms with Crippen LogP contribution in [0.4, 0.5) is 0 Å². The summed E-state index contributed by atoms with van der Waals surface area (Å²) in [6.45, 7) is 2.40.